The molecule has 0 aliphatic carbocycles. The van der Waals surface area contributed by atoms with Gasteiger partial charge in [-0.05, 0) is 40.5 Å². The van der Waals surface area contributed by atoms with Crippen LogP contribution < -0.4 is 0 Å². The van der Waals surface area contributed by atoms with E-state index in [1.54, 1.807) is 0 Å². The summed E-state index contributed by atoms with van der Waals surface area (Å²) < 4.78 is 27.3. The number of aromatic nitrogens is 2. The summed E-state index contributed by atoms with van der Waals surface area (Å²) in [5, 5.41) is 0. The Bertz CT molecular complexity index is 635. The average Bonchev–Trinajstić information content (AvgIpc) is 2.24. The van der Waals surface area contributed by atoms with Gasteiger partial charge in [0.2, 0.25) is 0 Å². The Hall–Kier alpha value is -1.14. The van der Waals surface area contributed by atoms with Crippen LogP contribution in [0.15, 0.2) is 22.7 Å². The standard InChI is InChI=1S/C12H9BrF2N2S/c1-6-11(13)12(18)17-10(16-6)4-7-2-8(14)5-9(15)3-7/h2-3,5H,4H2,1H3,(H,16,17,18). The van der Waals surface area contributed by atoms with Crippen molar-refractivity contribution >= 4 is 28.1 Å². The monoisotopic (exact) mass is 330 g/mol. The molecule has 0 aliphatic heterocycles. The summed E-state index contributed by atoms with van der Waals surface area (Å²) in [6.45, 7) is 1.84. The first kappa shape index (κ1) is 13.3. The number of benzene rings is 1. The molecule has 0 aliphatic rings. The van der Waals surface area contributed by atoms with E-state index in [-0.39, 0.29) is 0 Å². The topological polar surface area (TPSA) is 28.7 Å². The Morgan fingerprint density at radius 2 is 1.89 bits per heavy atom. The molecule has 1 aromatic carbocycles. The van der Waals surface area contributed by atoms with E-state index in [1.807, 2.05) is 6.92 Å². The van der Waals surface area contributed by atoms with Crippen LogP contribution in [-0.2, 0) is 6.42 Å². The number of nitrogens with zero attached hydrogens (tertiary/aromatic N) is 1. The van der Waals surface area contributed by atoms with E-state index < -0.39 is 11.6 Å². The van der Waals surface area contributed by atoms with Gasteiger partial charge < -0.3 is 4.98 Å². The molecule has 18 heavy (non-hydrogen) atoms. The lowest BCUT2D eigenvalue weighted by Crippen LogP contribution is -2.00. The summed E-state index contributed by atoms with van der Waals surface area (Å²) in [7, 11) is 0. The summed E-state index contributed by atoms with van der Waals surface area (Å²) in [4.78, 5) is 7.19. The van der Waals surface area contributed by atoms with Gasteiger partial charge in [-0.1, -0.05) is 12.2 Å². The smallest absolute Gasteiger partial charge is 0.144 e. The zero-order valence-electron chi connectivity index (χ0n) is 9.43. The normalized spacial score (nSPS) is 10.7. The highest BCUT2D eigenvalue weighted by Crippen LogP contribution is 2.16. The Morgan fingerprint density at radius 1 is 1.28 bits per heavy atom. The van der Waals surface area contributed by atoms with E-state index in [2.05, 4.69) is 25.9 Å². The Kier molecular flexibility index (Phi) is 3.87. The number of hydrogen-bond acceptors (Lipinski definition) is 2. The van der Waals surface area contributed by atoms with Gasteiger partial charge in [0.05, 0.1) is 4.47 Å². The van der Waals surface area contributed by atoms with Crippen LogP contribution in [0.3, 0.4) is 0 Å². The van der Waals surface area contributed by atoms with E-state index in [1.165, 1.54) is 12.1 Å². The van der Waals surface area contributed by atoms with Crippen molar-refractivity contribution in [2.24, 2.45) is 0 Å². The van der Waals surface area contributed by atoms with E-state index >= 15 is 0 Å². The maximum absolute atomic E-state index is 13.1. The van der Waals surface area contributed by atoms with Crippen LogP contribution in [0.5, 0.6) is 0 Å². The maximum atomic E-state index is 13.1. The van der Waals surface area contributed by atoms with Crippen LogP contribution in [0, 0.1) is 23.2 Å². The summed E-state index contributed by atoms with van der Waals surface area (Å²) in [5.41, 5.74) is 1.34. The molecule has 94 valence electrons. The van der Waals surface area contributed by atoms with Gasteiger partial charge in [-0.3, -0.25) is 0 Å². The van der Waals surface area contributed by atoms with Crippen molar-refractivity contribution in [3.8, 4) is 0 Å². The lowest BCUT2D eigenvalue weighted by molar-refractivity contribution is 0.580. The van der Waals surface area contributed by atoms with Crippen molar-refractivity contribution in [1.29, 1.82) is 0 Å². The molecule has 0 atom stereocenters. The summed E-state index contributed by atoms with van der Waals surface area (Å²) in [6, 6.07) is 3.39. The van der Waals surface area contributed by atoms with Crippen molar-refractivity contribution < 1.29 is 8.78 Å². The van der Waals surface area contributed by atoms with Gasteiger partial charge in [-0.25, -0.2) is 13.8 Å². The number of rotatable bonds is 2. The van der Waals surface area contributed by atoms with Crippen molar-refractivity contribution in [2.75, 3.05) is 0 Å². The number of nitrogens with one attached hydrogen (secondary N) is 1. The first-order valence-electron chi connectivity index (χ1n) is 5.16. The van der Waals surface area contributed by atoms with Crippen LogP contribution in [0.1, 0.15) is 17.1 Å². The molecular formula is C12H9BrF2N2S. The molecule has 0 unspecified atom stereocenters. The van der Waals surface area contributed by atoms with E-state index in [0.29, 0.717) is 22.4 Å². The minimum absolute atomic E-state index is 0.298. The van der Waals surface area contributed by atoms with E-state index in [9.17, 15) is 8.78 Å². The minimum atomic E-state index is -0.600. The van der Waals surface area contributed by atoms with E-state index in [4.69, 9.17) is 12.2 Å². The van der Waals surface area contributed by atoms with Crippen LogP contribution in [0.4, 0.5) is 8.78 Å². The van der Waals surface area contributed by atoms with Crippen LogP contribution in [0.2, 0.25) is 0 Å². The first-order valence-corrected chi connectivity index (χ1v) is 6.36. The Morgan fingerprint density at radius 3 is 2.44 bits per heavy atom. The number of halogens is 3. The second-order valence-corrected chi connectivity index (χ2v) is 5.06. The number of hydrogen-bond donors (Lipinski definition) is 1. The number of aromatic amines is 1. The Labute approximate surface area is 116 Å². The number of aryl methyl sites for hydroxylation is 1. The SMILES string of the molecule is Cc1[nH]c(Cc2cc(F)cc(F)c2)nc(=S)c1Br. The molecule has 0 spiro atoms. The molecule has 2 aromatic rings. The third-order valence-electron chi connectivity index (χ3n) is 2.38. The zero-order chi connectivity index (χ0) is 13.3. The fourth-order valence-electron chi connectivity index (χ4n) is 1.62. The van der Waals surface area contributed by atoms with E-state index in [0.717, 1.165) is 16.2 Å². The van der Waals surface area contributed by atoms with Crippen LogP contribution >= 0.6 is 28.1 Å². The molecule has 2 nitrogen and oxygen atoms in total. The lowest BCUT2D eigenvalue weighted by Gasteiger charge is -2.05. The molecule has 1 heterocycles. The molecule has 0 amide bonds. The molecule has 0 saturated carbocycles. The largest absolute Gasteiger partial charge is 0.346 e. The highest BCUT2D eigenvalue weighted by Gasteiger charge is 2.06. The number of H-pyrrole nitrogens is 1. The predicted octanol–water partition coefficient (Wildman–Crippen LogP) is 4.08. The summed E-state index contributed by atoms with van der Waals surface area (Å²) >= 11 is 8.37. The quantitative estimate of drug-likeness (QED) is 0.840. The van der Waals surface area contributed by atoms with Gasteiger partial charge in [0, 0.05) is 18.2 Å². The summed E-state index contributed by atoms with van der Waals surface area (Å²) in [5.74, 6) is -0.624. The molecule has 1 N–H and O–H groups in total. The molecule has 0 bridgehead atoms. The van der Waals surface area contributed by atoms with Gasteiger partial charge in [-0.2, -0.15) is 0 Å². The molecular weight excluding hydrogens is 322 g/mol. The Balaban J connectivity index is 2.37. The van der Waals surface area contributed by atoms with Crippen LogP contribution in [0.25, 0.3) is 0 Å². The van der Waals surface area contributed by atoms with Crippen molar-refractivity contribution in [2.45, 2.75) is 13.3 Å². The minimum Gasteiger partial charge on any atom is -0.346 e. The molecule has 1 aromatic heterocycles. The van der Waals surface area contributed by atoms with Gasteiger partial charge in [0.1, 0.15) is 22.1 Å². The third kappa shape index (κ3) is 3.00. The zero-order valence-corrected chi connectivity index (χ0v) is 11.8. The van der Waals surface area contributed by atoms with Gasteiger partial charge in [0.15, 0.2) is 0 Å². The predicted molar refractivity (Wildman–Crippen MR) is 71.0 cm³/mol. The first-order chi connectivity index (χ1) is 8.45. The van der Waals surface area contributed by atoms with Crippen LogP contribution in [-0.4, -0.2) is 9.97 Å². The van der Waals surface area contributed by atoms with Gasteiger partial charge in [0.25, 0.3) is 0 Å². The molecule has 0 fully saturated rings. The second-order valence-electron chi connectivity index (χ2n) is 3.88. The van der Waals surface area contributed by atoms with Crippen molar-refractivity contribution in [3.05, 3.63) is 56.0 Å². The van der Waals surface area contributed by atoms with Crippen molar-refractivity contribution in [3.63, 3.8) is 0 Å². The molecule has 0 radical (unpaired) electrons. The highest BCUT2D eigenvalue weighted by atomic mass is 79.9. The van der Waals surface area contributed by atoms with Crippen molar-refractivity contribution in [1.82, 2.24) is 9.97 Å². The summed E-state index contributed by atoms with van der Waals surface area (Å²) in [6.07, 6.45) is 0.298. The molecule has 6 heteroatoms. The van der Waals surface area contributed by atoms with Gasteiger partial charge in [-0.15, -0.1) is 0 Å². The third-order valence-corrected chi connectivity index (χ3v) is 3.91. The average molecular weight is 331 g/mol. The fourth-order valence-corrected chi connectivity index (χ4v) is 2.07. The fraction of sp³-hybridized carbons (Fsp3) is 0.167. The highest BCUT2D eigenvalue weighted by molar-refractivity contribution is 9.10. The molecule has 0 saturated heterocycles. The van der Waals surface area contributed by atoms with Gasteiger partial charge >= 0.3 is 0 Å². The maximum Gasteiger partial charge on any atom is 0.144 e. The lowest BCUT2D eigenvalue weighted by atomic mass is 10.1. The molecule has 2 rings (SSSR count). The second kappa shape index (κ2) is 5.24.